The third-order valence-electron chi connectivity index (χ3n) is 3.29. The smallest absolute Gasteiger partial charge is 0.273 e. The second-order valence-corrected chi connectivity index (χ2v) is 5.60. The number of hydrogen-bond acceptors (Lipinski definition) is 4. The van der Waals surface area contributed by atoms with E-state index in [-0.39, 0.29) is 5.56 Å². The molecule has 2 N–H and O–H groups in total. The SMILES string of the molecule is CCOc1ccc(-n2sc3ccccc3c2=O)cc1CN. The Morgan fingerprint density at radius 3 is 2.76 bits per heavy atom. The molecular formula is C16H16N2O2S. The van der Waals surface area contributed by atoms with E-state index in [0.29, 0.717) is 13.2 Å². The summed E-state index contributed by atoms with van der Waals surface area (Å²) in [5.74, 6) is 0.776. The Bertz CT molecular complexity index is 836. The molecule has 5 heteroatoms. The maximum atomic E-state index is 12.5. The van der Waals surface area contributed by atoms with Crippen LogP contribution in [0.25, 0.3) is 15.8 Å². The third kappa shape index (κ3) is 2.46. The van der Waals surface area contributed by atoms with Crippen molar-refractivity contribution < 1.29 is 4.74 Å². The minimum Gasteiger partial charge on any atom is -0.494 e. The maximum Gasteiger partial charge on any atom is 0.273 e. The minimum absolute atomic E-state index is 0.00253. The number of fused-ring (bicyclic) bond motifs is 1. The first kappa shape index (κ1) is 13.9. The molecule has 0 unspecified atom stereocenters. The first-order valence-corrected chi connectivity index (χ1v) is 7.59. The van der Waals surface area contributed by atoms with Crippen molar-refractivity contribution in [1.82, 2.24) is 3.96 Å². The summed E-state index contributed by atoms with van der Waals surface area (Å²) in [6.07, 6.45) is 0. The Morgan fingerprint density at radius 1 is 1.24 bits per heavy atom. The van der Waals surface area contributed by atoms with Crippen LogP contribution in [0.5, 0.6) is 5.75 Å². The number of benzene rings is 2. The lowest BCUT2D eigenvalue weighted by Crippen LogP contribution is -2.11. The maximum absolute atomic E-state index is 12.5. The summed E-state index contributed by atoms with van der Waals surface area (Å²) in [6, 6.07) is 13.3. The topological polar surface area (TPSA) is 57.2 Å². The lowest BCUT2D eigenvalue weighted by Gasteiger charge is -2.10. The highest BCUT2D eigenvalue weighted by Crippen LogP contribution is 2.25. The van der Waals surface area contributed by atoms with E-state index in [2.05, 4.69) is 0 Å². The molecule has 0 saturated heterocycles. The quantitative estimate of drug-likeness (QED) is 0.806. The Labute approximate surface area is 126 Å². The van der Waals surface area contributed by atoms with Crippen LogP contribution in [0.3, 0.4) is 0 Å². The molecule has 0 amide bonds. The molecule has 0 aliphatic rings. The zero-order chi connectivity index (χ0) is 14.8. The molecule has 0 bridgehead atoms. The van der Waals surface area contributed by atoms with Gasteiger partial charge in [-0.1, -0.05) is 23.7 Å². The number of nitrogens with two attached hydrogens (primary N) is 1. The van der Waals surface area contributed by atoms with Crippen molar-refractivity contribution in [2.45, 2.75) is 13.5 Å². The number of rotatable bonds is 4. The Hall–Kier alpha value is -2.11. The zero-order valence-electron chi connectivity index (χ0n) is 11.7. The van der Waals surface area contributed by atoms with Crippen LogP contribution in [0, 0.1) is 0 Å². The first-order chi connectivity index (χ1) is 10.2. The van der Waals surface area contributed by atoms with Gasteiger partial charge in [-0.05, 0) is 37.3 Å². The van der Waals surface area contributed by atoms with E-state index in [1.807, 2.05) is 49.4 Å². The zero-order valence-corrected chi connectivity index (χ0v) is 12.5. The van der Waals surface area contributed by atoms with Gasteiger partial charge in [-0.25, -0.2) is 3.96 Å². The molecular weight excluding hydrogens is 284 g/mol. The van der Waals surface area contributed by atoms with Gasteiger partial charge in [0.05, 0.1) is 22.4 Å². The molecule has 0 atom stereocenters. The normalized spacial score (nSPS) is 11.0. The monoisotopic (exact) mass is 300 g/mol. The van der Waals surface area contributed by atoms with Gasteiger partial charge in [-0.3, -0.25) is 4.79 Å². The molecule has 0 aliphatic carbocycles. The van der Waals surface area contributed by atoms with Gasteiger partial charge in [0.15, 0.2) is 0 Å². The molecule has 21 heavy (non-hydrogen) atoms. The highest BCUT2D eigenvalue weighted by atomic mass is 32.1. The van der Waals surface area contributed by atoms with Crippen molar-refractivity contribution in [2.24, 2.45) is 5.73 Å². The average Bonchev–Trinajstić information content (AvgIpc) is 2.86. The van der Waals surface area contributed by atoms with Crippen molar-refractivity contribution in [3.63, 3.8) is 0 Å². The summed E-state index contributed by atoms with van der Waals surface area (Å²) in [5.41, 5.74) is 7.51. The Balaban J connectivity index is 2.14. The molecule has 4 nitrogen and oxygen atoms in total. The summed E-state index contributed by atoms with van der Waals surface area (Å²) < 4.78 is 8.22. The molecule has 1 aromatic heterocycles. The lowest BCUT2D eigenvalue weighted by molar-refractivity contribution is 0.336. The number of nitrogens with zero attached hydrogens (tertiary/aromatic N) is 1. The van der Waals surface area contributed by atoms with E-state index < -0.39 is 0 Å². The second kappa shape index (κ2) is 5.71. The average molecular weight is 300 g/mol. The van der Waals surface area contributed by atoms with Crippen LogP contribution >= 0.6 is 11.5 Å². The fourth-order valence-corrected chi connectivity index (χ4v) is 3.28. The van der Waals surface area contributed by atoms with Crippen LogP contribution in [-0.2, 0) is 6.54 Å². The molecule has 2 aromatic carbocycles. The van der Waals surface area contributed by atoms with Gasteiger partial charge < -0.3 is 10.5 Å². The number of hydrogen-bond donors (Lipinski definition) is 1. The van der Waals surface area contributed by atoms with Crippen LogP contribution in [0.4, 0.5) is 0 Å². The largest absolute Gasteiger partial charge is 0.494 e. The molecule has 3 rings (SSSR count). The number of aromatic nitrogens is 1. The molecule has 0 radical (unpaired) electrons. The van der Waals surface area contributed by atoms with Gasteiger partial charge in [0.2, 0.25) is 0 Å². The van der Waals surface area contributed by atoms with Gasteiger partial charge in [0, 0.05) is 12.1 Å². The molecule has 0 saturated carbocycles. The summed E-state index contributed by atoms with van der Waals surface area (Å²) in [4.78, 5) is 12.5. The Morgan fingerprint density at radius 2 is 2.05 bits per heavy atom. The van der Waals surface area contributed by atoms with E-state index in [1.165, 1.54) is 11.5 Å². The summed E-state index contributed by atoms with van der Waals surface area (Å²) in [5, 5.41) is 0.741. The summed E-state index contributed by atoms with van der Waals surface area (Å²) in [6.45, 7) is 2.91. The molecule has 108 valence electrons. The van der Waals surface area contributed by atoms with Gasteiger partial charge in [-0.2, -0.15) is 0 Å². The van der Waals surface area contributed by atoms with Crippen molar-refractivity contribution in [1.29, 1.82) is 0 Å². The van der Waals surface area contributed by atoms with Gasteiger partial charge >= 0.3 is 0 Å². The third-order valence-corrected chi connectivity index (χ3v) is 4.40. The van der Waals surface area contributed by atoms with Crippen LogP contribution in [0.2, 0.25) is 0 Å². The van der Waals surface area contributed by atoms with E-state index in [9.17, 15) is 4.79 Å². The van der Waals surface area contributed by atoms with Crippen LogP contribution in [-0.4, -0.2) is 10.6 Å². The molecule has 0 fully saturated rings. The molecule has 1 heterocycles. The van der Waals surface area contributed by atoms with Gasteiger partial charge in [0.25, 0.3) is 5.56 Å². The first-order valence-electron chi connectivity index (χ1n) is 6.82. The van der Waals surface area contributed by atoms with E-state index >= 15 is 0 Å². The van der Waals surface area contributed by atoms with Crippen molar-refractivity contribution >= 4 is 21.6 Å². The molecule has 0 spiro atoms. The van der Waals surface area contributed by atoms with Crippen LogP contribution in [0.1, 0.15) is 12.5 Å². The predicted octanol–water partition coefficient (Wildman–Crippen LogP) is 2.91. The van der Waals surface area contributed by atoms with E-state index in [4.69, 9.17) is 10.5 Å². The highest BCUT2D eigenvalue weighted by Gasteiger charge is 2.11. The standard InChI is InChI=1S/C16H16N2O2S/c1-2-20-14-8-7-12(9-11(14)10-17)18-16(19)13-5-3-4-6-15(13)21-18/h3-9H,2,10,17H2,1H3. The van der Waals surface area contributed by atoms with Crippen molar-refractivity contribution in [3.8, 4) is 11.4 Å². The van der Waals surface area contributed by atoms with E-state index in [0.717, 1.165) is 27.1 Å². The Kier molecular flexibility index (Phi) is 3.77. The lowest BCUT2D eigenvalue weighted by atomic mass is 10.2. The summed E-state index contributed by atoms with van der Waals surface area (Å²) in [7, 11) is 0. The number of ether oxygens (including phenoxy) is 1. The predicted molar refractivity (Wildman–Crippen MR) is 86.5 cm³/mol. The van der Waals surface area contributed by atoms with Crippen molar-refractivity contribution in [2.75, 3.05) is 6.61 Å². The summed E-state index contributed by atoms with van der Waals surface area (Å²) >= 11 is 1.44. The minimum atomic E-state index is 0.00253. The fraction of sp³-hybridized carbons (Fsp3) is 0.188. The van der Waals surface area contributed by atoms with Crippen LogP contribution in [0.15, 0.2) is 47.3 Å². The second-order valence-electron chi connectivity index (χ2n) is 4.62. The van der Waals surface area contributed by atoms with Crippen LogP contribution < -0.4 is 16.0 Å². The van der Waals surface area contributed by atoms with Gasteiger partial charge in [-0.15, -0.1) is 0 Å². The molecule has 3 aromatic rings. The van der Waals surface area contributed by atoms with E-state index in [1.54, 1.807) is 3.96 Å². The highest BCUT2D eigenvalue weighted by molar-refractivity contribution is 7.14. The fourth-order valence-electron chi connectivity index (χ4n) is 2.29. The van der Waals surface area contributed by atoms with Gasteiger partial charge in [0.1, 0.15) is 5.75 Å². The molecule has 0 aliphatic heterocycles. The van der Waals surface area contributed by atoms with Crippen molar-refractivity contribution in [3.05, 3.63) is 58.4 Å².